The van der Waals surface area contributed by atoms with Crippen LogP contribution in [-0.2, 0) is 9.47 Å². The molecule has 0 aliphatic heterocycles. The Bertz CT molecular complexity index is 1120. The summed E-state index contributed by atoms with van der Waals surface area (Å²) in [6.45, 7) is 6.03. The van der Waals surface area contributed by atoms with Crippen LogP contribution in [0.4, 0.5) is 0 Å². The van der Waals surface area contributed by atoms with Crippen LogP contribution in [0, 0.1) is 13.8 Å². The van der Waals surface area contributed by atoms with Crippen LogP contribution in [0.3, 0.4) is 0 Å². The van der Waals surface area contributed by atoms with E-state index in [0.29, 0.717) is 9.47 Å². The molecule has 0 saturated carbocycles. The Morgan fingerprint density at radius 2 is 0.881 bits per heavy atom. The van der Waals surface area contributed by atoms with Crippen LogP contribution >= 0.6 is 40.0 Å². The van der Waals surface area contributed by atoms with Gasteiger partial charge in [-0.1, -0.05) is 104 Å². The Hall–Kier alpha value is -1.56. The maximum atomic E-state index is 6.19. The Labute approximate surface area is 283 Å². The number of aryl methyl sites for hydroxylation is 2. The van der Waals surface area contributed by atoms with Crippen molar-refractivity contribution in [3.63, 3.8) is 0 Å². The van der Waals surface area contributed by atoms with Gasteiger partial charge in [-0.2, -0.15) is 0 Å². The molecule has 4 rings (SSSR count). The third-order valence-corrected chi connectivity index (χ3v) is 6.38. The van der Waals surface area contributed by atoms with Crippen LogP contribution in [0.25, 0.3) is 0 Å². The molecule has 0 amide bonds. The van der Waals surface area contributed by atoms with Crippen molar-refractivity contribution in [2.75, 3.05) is 27.2 Å². The van der Waals surface area contributed by atoms with Crippen molar-refractivity contribution in [2.45, 2.75) is 46.3 Å². The van der Waals surface area contributed by atoms with Gasteiger partial charge in [0.25, 0.3) is 0 Å². The molecule has 0 fully saturated rings. The van der Waals surface area contributed by atoms with Gasteiger partial charge in [0.15, 0.2) is 0 Å². The van der Waals surface area contributed by atoms with Crippen LogP contribution in [0.1, 0.15) is 54.7 Å². The van der Waals surface area contributed by atoms with Crippen LogP contribution in [0.15, 0.2) is 109 Å². The van der Waals surface area contributed by atoms with Crippen LogP contribution in [-0.4, -0.2) is 27.2 Å². The number of hydrogen-bond donors (Lipinski definition) is 2. The van der Waals surface area contributed by atoms with Gasteiger partial charge in [-0.15, -0.1) is 0 Å². The monoisotopic (exact) mass is 831 g/mol. The molecule has 0 aliphatic rings. The zero-order valence-electron chi connectivity index (χ0n) is 24.4. The number of ether oxygens (including phenoxy) is 2. The van der Waals surface area contributed by atoms with Crippen LogP contribution in [0.2, 0.25) is 0 Å². The fourth-order valence-corrected chi connectivity index (χ4v) is 4.16. The van der Waals surface area contributed by atoms with E-state index in [2.05, 4.69) is 125 Å². The van der Waals surface area contributed by atoms with Gasteiger partial charge in [0.1, 0.15) is 23.7 Å². The standard InChI is InChI=1S/2C17H21NO.CH4.2HI.V/c2*1-14-8-6-7-11-16(14)19-17(12-13-18-2)15-9-4-3-5-10-15;;;;/h2*3-11,17-18H,12-13H2,1-2H3;1H4;2*1H;/q;;;;;+2/p-2/t17-;;;;;/m0...../s1. The molecule has 0 aliphatic carbocycles. The molecule has 4 aromatic rings. The molecule has 7 heteroatoms. The number of rotatable bonds is 12. The molecule has 0 saturated heterocycles. The molecule has 2 N–H and O–H groups in total. The molecule has 0 radical (unpaired) electrons. The summed E-state index contributed by atoms with van der Waals surface area (Å²) in [6, 6.07) is 37.1. The SMILES string of the molecule is C.CNCCC(Oc1ccccc1C)c1ccccc1.CNCC[C@H](Oc1ccccc1C)c1ccccc1.[I][V][I]. The van der Waals surface area contributed by atoms with Gasteiger partial charge >= 0.3 is 49.4 Å². The van der Waals surface area contributed by atoms with E-state index in [-0.39, 0.29) is 19.6 Å². The average molecular weight is 832 g/mol. The van der Waals surface area contributed by atoms with Gasteiger partial charge in [0, 0.05) is 12.8 Å². The Morgan fingerprint density at radius 3 is 1.19 bits per heavy atom. The molecule has 4 aromatic carbocycles. The quantitative estimate of drug-likeness (QED) is 0.140. The summed E-state index contributed by atoms with van der Waals surface area (Å²) in [5, 5.41) is 6.38. The molecule has 0 aromatic heterocycles. The number of para-hydroxylation sites is 2. The first kappa shape index (κ1) is 38.5. The van der Waals surface area contributed by atoms with Crippen LogP contribution in [0.5, 0.6) is 11.5 Å². The van der Waals surface area contributed by atoms with Crippen LogP contribution < -0.4 is 20.1 Å². The summed E-state index contributed by atoms with van der Waals surface area (Å²) in [4.78, 5) is 0. The van der Waals surface area contributed by atoms with Crippen molar-refractivity contribution < 1.29 is 18.9 Å². The van der Waals surface area contributed by atoms with Gasteiger partial charge in [0.05, 0.1) is 0 Å². The average Bonchev–Trinajstić information content (AvgIpc) is 3.01. The van der Waals surface area contributed by atoms with E-state index in [9.17, 15) is 0 Å². The van der Waals surface area contributed by atoms with Crippen molar-refractivity contribution in [1.29, 1.82) is 0 Å². The second-order valence-electron chi connectivity index (χ2n) is 9.41. The number of hydrogen-bond acceptors (Lipinski definition) is 4. The van der Waals surface area contributed by atoms with E-state index in [4.69, 9.17) is 9.47 Å². The second-order valence-corrected chi connectivity index (χ2v) is 21.2. The summed E-state index contributed by atoms with van der Waals surface area (Å²) >= 11 is 4.74. The van der Waals surface area contributed by atoms with Crippen molar-refractivity contribution in [1.82, 2.24) is 10.6 Å². The third-order valence-electron chi connectivity index (χ3n) is 6.38. The molecule has 4 nitrogen and oxygen atoms in total. The summed E-state index contributed by atoms with van der Waals surface area (Å²) in [5.74, 6) is 1.93. The second kappa shape index (κ2) is 23.8. The van der Waals surface area contributed by atoms with E-state index < -0.39 is 0 Å². The normalized spacial score (nSPS) is 11.3. The summed E-state index contributed by atoms with van der Waals surface area (Å²) < 4.78 is 12.4. The van der Waals surface area contributed by atoms with Gasteiger partial charge in [0.2, 0.25) is 0 Å². The molecule has 1 unspecified atom stereocenters. The number of nitrogens with one attached hydrogen (secondary N) is 2. The Morgan fingerprint density at radius 1 is 0.571 bits per heavy atom. The van der Waals surface area contributed by atoms with E-state index in [0.717, 1.165) is 37.4 Å². The Kier molecular flexibility index (Phi) is 21.8. The van der Waals surface area contributed by atoms with E-state index in [1.165, 1.54) is 22.3 Å². The van der Waals surface area contributed by atoms with Gasteiger partial charge in [-0.05, 0) is 75.4 Å². The predicted octanol–water partition coefficient (Wildman–Crippen LogP) is 9.85. The molecule has 227 valence electrons. The molecule has 0 bridgehead atoms. The molecule has 0 spiro atoms. The fourth-order valence-electron chi connectivity index (χ4n) is 4.16. The zero-order chi connectivity index (χ0) is 29.7. The minimum atomic E-state index is 0. The van der Waals surface area contributed by atoms with Gasteiger partial charge < -0.3 is 20.1 Å². The molecular formula is C35H46I2N2O2V. The van der Waals surface area contributed by atoms with E-state index in [1.54, 1.807) is 0 Å². The first-order chi connectivity index (χ1) is 20.0. The summed E-state index contributed by atoms with van der Waals surface area (Å²) in [5.41, 5.74) is 4.79. The van der Waals surface area contributed by atoms with Crippen molar-refractivity contribution in [3.8, 4) is 11.5 Å². The molecular weight excluding hydrogens is 785 g/mol. The third kappa shape index (κ3) is 14.8. The summed E-state index contributed by atoms with van der Waals surface area (Å²) in [6.07, 6.45) is 2.09. The first-order valence-electron chi connectivity index (χ1n) is 13.8. The molecule has 2 atom stereocenters. The first-order valence-corrected chi connectivity index (χ1v) is 22.8. The van der Waals surface area contributed by atoms with Gasteiger partial charge in [-0.25, -0.2) is 0 Å². The maximum absolute atomic E-state index is 6.19. The minimum absolute atomic E-state index is 0. The van der Waals surface area contributed by atoms with Gasteiger partial charge in [-0.3, -0.25) is 0 Å². The fraction of sp³-hybridized carbons (Fsp3) is 0.314. The summed E-state index contributed by atoms with van der Waals surface area (Å²) in [7, 11) is 4.56. The van der Waals surface area contributed by atoms with Crippen molar-refractivity contribution in [3.05, 3.63) is 131 Å². The topological polar surface area (TPSA) is 42.5 Å². The molecule has 0 heterocycles. The number of halogens is 2. The van der Waals surface area contributed by atoms with E-state index in [1.807, 2.05) is 62.6 Å². The zero-order valence-corrected chi connectivity index (χ0v) is 30.1. The Balaban J connectivity index is 0.000000376. The van der Waals surface area contributed by atoms with E-state index >= 15 is 0 Å². The molecule has 42 heavy (non-hydrogen) atoms. The van der Waals surface area contributed by atoms with Crippen molar-refractivity contribution >= 4 is 40.0 Å². The van der Waals surface area contributed by atoms with Crippen molar-refractivity contribution in [2.24, 2.45) is 0 Å². The predicted molar refractivity (Wildman–Crippen MR) is 194 cm³/mol. The number of benzene rings is 4.